The molecule has 1 unspecified atom stereocenters. The van der Waals surface area contributed by atoms with Gasteiger partial charge in [-0.1, -0.05) is 60.7 Å². The SMILES string of the molecule is O=C1NC(CC(=O)N2CCN(CC=Cc3ccccc3)CC2)c2ccccc21. The molecule has 2 aromatic rings. The van der Waals surface area contributed by atoms with E-state index in [1.165, 1.54) is 5.56 Å². The highest BCUT2D eigenvalue weighted by molar-refractivity contribution is 5.99. The Morgan fingerprint density at radius 2 is 1.71 bits per heavy atom. The standard InChI is InChI=1S/C23H25N3O2/c27-22(17-21-19-10-4-5-11-20(19)23(28)24-21)26-15-13-25(14-16-26)12-6-9-18-7-2-1-3-8-18/h1-11,21H,12-17H2,(H,24,28). The number of hydrogen-bond donors (Lipinski definition) is 1. The first-order chi connectivity index (χ1) is 13.7. The van der Waals surface area contributed by atoms with E-state index >= 15 is 0 Å². The van der Waals surface area contributed by atoms with Gasteiger partial charge in [-0.3, -0.25) is 14.5 Å². The van der Waals surface area contributed by atoms with E-state index < -0.39 is 0 Å². The summed E-state index contributed by atoms with van der Waals surface area (Å²) < 4.78 is 0. The summed E-state index contributed by atoms with van der Waals surface area (Å²) >= 11 is 0. The molecule has 5 heteroatoms. The summed E-state index contributed by atoms with van der Waals surface area (Å²) in [5.41, 5.74) is 2.83. The predicted molar refractivity (Wildman–Crippen MR) is 110 cm³/mol. The van der Waals surface area contributed by atoms with Crippen LogP contribution in [-0.4, -0.2) is 54.3 Å². The predicted octanol–water partition coefficient (Wildman–Crippen LogP) is 2.72. The first kappa shape index (κ1) is 18.4. The first-order valence-corrected chi connectivity index (χ1v) is 9.82. The third-order valence-corrected chi connectivity index (χ3v) is 5.46. The highest BCUT2D eigenvalue weighted by Gasteiger charge is 2.31. The van der Waals surface area contributed by atoms with Crippen molar-refractivity contribution in [1.82, 2.24) is 15.1 Å². The minimum Gasteiger partial charge on any atom is -0.345 e. The van der Waals surface area contributed by atoms with Gasteiger partial charge in [0.05, 0.1) is 12.5 Å². The van der Waals surface area contributed by atoms with E-state index in [1.54, 1.807) is 0 Å². The number of piperazine rings is 1. The number of carbonyl (C=O) groups is 2. The topological polar surface area (TPSA) is 52.7 Å². The second kappa shape index (κ2) is 8.40. The van der Waals surface area contributed by atoms with Gasteiger partial charge in [0.2, 0.25) is 5.91 Å². The third kappa shape index (κ3) is 4.15. The molecule has 0 saturated carbocycles. The molecule has 2 amide bonds. The van der Waals surface area contributed by atoms with Gasteiger partial charge < -0.3 is 10.2 Å². The highest BCUT2D eigenvalue weighted by Crippen LogP contribution is 2.28. The van der Waals surface area contributed by atoms with Crippen molar-refractivity contribution in [3.8, 4) is 0 Å². The molecule has 28 heavy (non-hydrogen) atoms. The van der Waals surface area contributed by atoms with Crippen LogP contribution >= 0.6 is 0 Å². The zero-order valence-electron chi connectivity index (χ0n) is 15.9. The molecular formula is C23H25N3O2. The Balaban J connectivity index is 1.26. The average molecular weight is 375 g/mol. The van der Waals surface area contributed by atoms with Gasteiger partial charge in [-0.15, -0.1) is 0 Å². The van der Waals surface area contributed by atoms with Crippen LogP contribution < -0.4 is 5.32 Å². The number of hydrogen-bond acceptors (Lipinski definition) is 3. The number of carbonyl (C=O) groups excluding carboxylic acids is 2. The second-order valence-electron chi connectivity index (χ2n) is 7.31. The van der Waals surface area contributed by atoms with Crippen LogP contribution in [0, 0.1) is 0 Å². The Morgan fingerprint density at radius 1 is 1.00 bits per heavy atom. The summed E-state index contributed by atoms with van der Waals surface area (Å²) in [7, 11) is 0. The molecule has 0 bridgehead atoms. The molecule has 1 saturated heterocycles. The maximum atomic E-state index is 12.7. The monoisotopic (exact) mass is 375 g/mol. The van der Waals surface area contributed by atoms with Crippen LogP contribution in [0.2, 0.25) is 0 Å². The van der Waals surface area contributed by atoms with E-state index in [1.807, 2.05) is 47.4 Å². The molecule has 0 aromatic heterocycles. The van der Waals surface area contributed by atoms with Crippen molar-refractivity contribution < 1.29 is 9.59 Å². The summed E-state index contributed by atoms with van der Waals surface area (Å²) in [5.74, 6) is 0.0323. The van der Waals surface area contributed by atoms with Gasteiger partial charge >= 0.3 is 0 Å². The summed E-state index contributed by atoms with van der Waals surface area (Å²) in [6.45, 7) is 4.11. The summed E-state index contributed by atoms with van der Waals surface area (Å²) in [4.78, 5) is 29.0. The smallest absolute Gasteiger partial charge is 0.252 e. The van der Waals surface area contributed by atoms with Crippen molar-refractivity contribution in [1.29, 1.82) is 0 Å². The van der Waals surface area contributed by atoms with Crippen LogP contribution in [0.5, 0.6) is 0 Å². The van der Waals surface area contributed by atoms with E-state index in [4.69, 9.17) is 0 Å². The van der Waals surface area contributed by atoms with Crippen molar-refractivity contribution in [2.75, 3.05) is 32.7 Å². The fourth-order valence-electron chi connectivity index (χ4n) is 3.87. The van der Waals surface area contributed by atoms with E-state index in [0.717, 1.165) is 38.3 Å². The minimum absolute atomic E-state index is 0.0802. The molecule has 1 fully saturated rings. The van der Waals surface area contributed by atoms with Crippen LogP contribution in [0.4, 0.5) is 0 Å². The number of nitrogens with zero attached hydrogens (tertiary/aromatic N) is 2. The molecule has 144 valence electrons. The number of rotatable bonds is 5. The number of amides is 2. The molecule has 2 aliphatic rings. The molecule has 2 aromatic carbocycles. The quantitative estimate of drug-likeness (QED) is 0.874. The normalized spacial score (nSPS) is 19.6. The summed E-state index contributed by atoms with van der Waals surface area (Å²) in [5, 5.41) is 2.94. The lowest BCUT2D eigenvalue weighted by Gasteiger charge is -2.34. The maximum absolute atomic E-state index is 12.7. The molecule has 0 radical (unpaired) electrons. The molecule has 1 atom stereocenters. The van der Waals surface area contributed by atoms with E-state index in [9.17, 15) is 9.59 Å². The van der Waals surface area contributed by atoms with Gasteiger partial charge in [0.1, 0.15) is 0 Å². The lowest BCUT2D eigenvalue weighted by molar-refractivity contribution is -0.133. The first-order valence-electron chi connectivity index (χ1n) is 9.82. The Kier molecular flexibility index (Phi) is 5.53. The Labute approximate surface area is 165 Å². The molecule has 4 rings (SSSR count). The largest absolute Gasteiger partial charge is 0.345 e. The van der Waals surface area contributed by atoms with Crippen molar-refractivity contribution in [2.24, 2.45) is 0 Å². The van der Waals surface area contributed by atoms with Crippen molar-refractivity contribution >= 4 is 17.9 Å². The Hall–Kier alpha value is -2.92. The second-order valence-corrected chi connectivity index (χ2v) is 7.31. The van der Waals surface area contributed by atoms with E-state index in [2.05, 4.69) is 34.5 Å². The van der Waals surface area contributed by atoms with Crippen molar-refractivity contribution in [3.05, 3.63) is 77.4 Å². The van der Waals surface area contributed by atoms with Gasteiger partial charge in [-0.25, -0.2) is 0 Å². The van der Waals surface area contributed by atoms with Crippen LogP contribution in [0.1, 0.15) is 33.9 Å². The van der Waals surface area contributed by atoms with Gasteiger partial charge in [-0.05, 0) is 17.2 Å². The number of fused-ring (bicyclic) bond motifs is 1. The van der Waals surface area contributed by atoms with E-state index in [-0.39, 0.29) is 17.9 Å². The van der Waals surface area contributed by atoms with Gasteiger partial charge in [0, 0.05) is 38.3 Å². The molecular weight excluding hydrogens is 350 g/mol. The highest BCUT2D eigenvalue weighted by atomic mass is 16.2. The van der Waals surface area contributed by atoms with Crippen LogP contribution in [0.3, 0.4) is 0 Å². The number of nitrogens with one attached hydrogen (secondary N) is 1. The van der Waals surface area contributed by atoms with Crippen LogP contribution in [-0.2, 0) is 4.79 Å². The lowest BCUT2D eigenvalue weighted by atomic mass is 10.0. The van der Waals surface area contributed by atoms with Gasteiger partial charge in [-0.2, -0.15) is 0 Å². The molecule has 2 aliphatic heterocycles. The molecule has 0 spiro atoms. The van der Waals surface area contributed by atoms with Gasteiger partial charge in [0.25, 0.3) is 5.91 Å². The fourth-order valence-corrected chi connectivity index (χ4v) is 3.87. The Bertz CT molecular complexity index is 870. The molecule has 0 aliphatic carbocycles. The molecule has 1 N–H and O–H groups in total. The van der Waals surface area contributed by atoms with Crippen LogP contribution in [0.15, 0.2) is 60.7 Å². The third-order valence-electron chi connectivity index (χ3n) is 5.46. The number of benzene rings is 2. The Morgan fingerprint density at radius 3 is 2.50 bits per heavy atom. The summed E-state index contributed by atoms with van der Waals surface area (Å²) in [6.07, 6.45) is 4.65. The van der Waals surface area contributed by atoms with Crippen molar-refractivity contribution in [3.63, 3.8) is 0 Å². The minimum atomic E-state index is -0.206. The molecule has 5 nitrogen and oxygen atoms in total. The van der Waals surface area contributed by atoms with Crippen molar-refractivity contribution in [2.45, 2.75) is 12.5 Å². The lowest BCUT2D eigenvalue weighted by Crippen LogP contribution is -2.49. The average Bonchev–Trinajstić information content (AvgIpc) is 3.05. The summed E-state index contributed by atoms with van der Waals surface area (Å²) in [6, 6.07) is 17.6. The van der Waals surface area contributed by atoms with Crippen LogP contribution in [0.25, 0.3) is 6.08 Å². The van der Waals surface area contributed by atoms with Gasteiger partial charge in [0.15, 0.2) is 0 Å². The molecule has 2 heterocycles. The zero-order valence-corrected chi connectivity index (χ0v) is 15.9. The zero-order chi connectivity index (χ0) is 19.3. The fraction of sp³-hybridized carbons (Fsp3) is 0.304. The van der Waals surface area contributed by atoms with E-state index in [0.29, 0.717) is 12.0 Å². The maximum Gasteiger partial charge on any atom is 0.252 e.